The molecule has 0 saturated carbocycles. The van der Waals surface area contributed by atoms with E-state index in [1.54, 1.807) is 45.6 Å². The van der Waals surface area contributed by atoms with Gasteiger partial charge in [0, 0.05) is 25.8 Å². The van der Waals surface area contributed by atoms with Gasteiger partial charge in [0.1, 0.15) is 5.69 Å². The summed E-state index contributed by atoms with van der Waals surface area (Å²) in [4.78, 5) is 18.2. The minimum atomic E-state index is -3.72. The maximum atomic E-state index is 14.0. The molecule has 0 fully saturated rings. The van der Waals surface area contributed by atoms with Crippen LogP contribution in [0, 0.1) is 18.3 Å². The summed E-state index contributed by atoms with van der Waals surface area (Å²) < 4.78 is 37.7. The Bertz CT molecular complexity index is 1740. The van der Waals surface area contributed by atoms with Crippen molar-refractivity contribution in [1.82, 2.24) is 24.3 Å². The number of carbonyl (C=O) groups is 1. The maximum Gasteiger partial charge on any atom is 0.243 e. The van der Waals surface area contributed by atoms with E-state index in [-0.39, 0.29) is 25.0 Å². The van der Waals surface area contributed by atoms with E-state index in [2.05, 4.69) is 27.5 Å². The van der Waals surface area contributed by atoms with Gasteiger partial charge in [-0.15, -0.1) is 5.10 Å². The molecule has 0 radical (unpaired) electrons. The van der Waals surface area contributed by atoms with E-state index in [0.717, 1.165) is 35.1 Å². The largest absolute Gasteiger partial charge is 0.366 e. The predicted molar refractivity (Wildman–Crippen MR) is 173 cm³/mol. The Morgan fingerprint density at radius 1 is 1.13 bits per heavy atom. The van der Waals surface area contributed by atoms with Crippen LogP contribution in [-0.2, 0) is 45.7 Å². The van der Waals surface area contributed by atoms with E-state index in [0.29, 0.717) is 29.4 Å². The van der Waals surface area contributed by atoms with E-state index in [1.807, 2.05) is 64.2 Å². The highest BCUT2D eigenvalue weighted by atomic mass is 32.2. The third-order valence-electron chi connectivity index (χ3n) is 8.63. The van der Waals surface area contributed by atoms with Crippen molar-refractivity contribution in [2.75, 3.05) is 11.9 Å². The maximum absolute atomic E-state index is 14.0. The Morgan fingerprint density at radius 2 is 1.93 bits per heavy atom. The number of anilines is 1. The van der Waals surface area contributed by atoms with Gasteiger partial charge in [0.15, 0.2) is 0 Å². The summed E-state index contributed by atoms with van der Waals surface area (Å²) in [7, 11) is -3.72. The predicted octanol–water partition coefficient (Wildman–Crippen LogP) is 5.70. The Morgan fingerprint density at radius 3 is 2.64 bits per heavy atom. The number of amides is 1. The van der Waals surface area contributed by atoms with Gasteiger partial charge in [-0.3, -0.25) is 14.5 Å². The summed E-state index contributed by atoms with van der Waals surface area (Å²) in [5.41, 5.74) is 3.65. The molecule has 11 heteroatoms. The summed E-state index contributed by atoms with van der Waals surface area (Å²) in [5.74, 6) is -0.0352. The van der Waals surface area contributed by atoms with Crippen LogP contribution in [0.4, 0.5) is 5.69 Å². The molecule has 238 valence electrons. The molecule has 0 aliphatic carbocycles. The standard InChI is InChI=1S/C34H42N6O4S/c1-6-25-17-26-11-8-9-13-31(26)45(42,43)40(20-25)21-28-18-27(15-14-24(28)3)32(44-23-30-22-39(7-2)38-37-30)34(4,5)33(41)36-29-12-10-16-35-19-29/h8-16,18-19,22,25,32H,6-7,17,20-21,23H2,1-5H3,(H,36,41)/t25-,32-/m0/s1. The minimum Gasteiger partial charge on any atom is -0.366 e. The number of aryl methyl sites for hydroxylation is 2. The lowest BCUT2D eigenvalue weighted by Crippen LogP contribution is -2.38. The van der Waals surface area contributed by atoms with Crippen LogP contribution in [-0.4, -0.2) is 45.2 Å². The van der Waals surface area contributed by atoms with Crippen LogP contribution in [0.15, 0.2) is 78.1 Å². The highest BCUT2D eigenvalue weighted by Gasteiger charge is 2.40. The molecule has 2 aromatic heterocycles. The van der Waals surface area contributed by atoms with Crippen LogP contribution in [0.25, 0.3) is 0 Å². The highest BCUT2D eigenvalue weighted by Crippen LogP contribution is 2.40. The zero-order valence-electron chi connectivity index (χ0n) is 26.6. The lowest BCUT2D eigenvalue weighted by atomic mass is 9.80. The monoisotopic (exact) mass is 630 g/mol. The molecule has 0 bridgehead atoms. The fourth-order valence-electron chi connectivity index (χ4n) is 5.76. The quantitative estimate of drug-likeness (QED) is 0.226. The molecule has 0 spiro atoms. The molecule has 2 atom stereocenters. The third-order valence-corrected chi connectivity index (χ3v) is 10.5. The van der Waals surface area contributed by atoms with Crippen LogP contribution in [0.5, 0.6) is 0 Å². The number of benzene rings is 2. The fourth-order valence-corrected chi connectivity index (χ4v) is 7.49. The first-order valence-electron chi connectivity index (χ1n) is 15.4. The molecular formula is C34H42N6O4S. The number of hydrogen-bond acceptors (Lipinski definition) is 7. The molecule has 3 heterocycles. The van der Waals surface area contributed by atoms with Gasteiger partial charge in [-0.2, -0.15) is 4.31 Å². The fraction of sp³-hybridized carbons (Fsp3) is 0.412. The van der Waals surface area contributed by atoms with E-state index in [4.69, 9.17) is 4.74 Å². The molecule has 2 aromatic carbocycles. The first kappa shape index (κ1) is 32.5. The lowest BCUT2D eigenvalue weighted by Gasteiger charge is -2.34. The minimum absolute atomic E-state index is 0.146. The highest BCUT2D eigenvalue weighted by molar-refractivity contribution is 7.89. The number of fused-ring (bicyclic) bond motifs is 1. The first-order chi connectivity index (χ1) is 21.5. The Kier molecular flexibility index (Phi) is 9.81. The van der Waals surface area contributed by atoms with Crippen LogP contribution in [0.1, 0.15) is 68.2 Å². The van der Waals surface area contributed by atoms with Gasteiger partial charge in [0.2, 0.25) is 15.9 Å². The second kappa shape index (κ2) is 13.6. The molecule has 0 unspecified atom stereocenters. The molecule has 1 N–H and O–H groups in total. The topological polar surface area (TPSA) is 119 Å². The molecule has 5 rings (SSSR count). The van der Waals surface area contributed by atoms with Crippen molar-refractivity contribution in [3.8, 4) is 0 Å². The number of aromatic nitrogens is 4. The number of hydrogen-bond donors (Lipinski definition) is 1. The number of pyridine rings is 1. The van der Waals surface area contributed by atoms with Crippen molar-refractivity contribution in [2.24, 2.45) is 11.3 Å². The van der Waals surface area contributed by atoms with Crippen molar-refractivity contribution < 1.29 is 17.9 Å². The molecule has 1 aliphatic rings. The second-order valence-electron chi connectivity index (χ2n) is 12.2. The Hall–Kier alpha value is -3.93. The Labute approximate surface area is 265 Å². The zero-order chi connectivity index (χ0) is 32.2. The smallest absolute Gasteiger partial charge is 0.243 e. The number of nitrogens with zero attached hydrogens (tertiary/aromatic N) is 5. The van der Waals surface area contributed by atoms with Gasteiger partial charge < -0.3 is 10.1 Å². The van der Waals surface area contributed by atoms with Gasteiger partial charge >= 0.3 is 0 Å². The molecule has 45 heavy (non-hydrogen) atoms. The van der Waals surface area contributed by atoms with Gasteiger partial charge in [0.05, 0.1) is 41.1 Å². The molecule has 10 nitrogen and oxygen atoms in total. The molecule has 4 aromatic rings. The average Bonchev–Trinajstić information content (AvgIpc) is 3.46. The number of sulfonamides is 1. The summed E-state index contributed by atoms with van der Waals surface area (Å²) in [6.45, 7) is 11.2. The summed E-state index contributed by atoms with van der Waals surface area (Å²) in [6.07, 6.45) is 5.98. The number of nitrogens with one attached hydrogen (secondary N) is 1. The lowest BCUT2D eigenvalue weighted by molar-refractivity contribution is -0.134. The van der Waals surface area contributed by atoms with E-state index < -0.39 is 21.5 Å². The van der Waals surface area contributed by atoms with Crippen molar-refractivity contribution in [1.29, 1.82) is 0 Å². The van der Waals surface area contributed by atoms with Crippen LogP contribution in [0.2, 0.25) is 0 Å². The molecule has 1 amide bonds. The van der Waals surface area contributed by atoms with E-state index in [1.165, 1.54) is 0 Å². The van der Waals surface area contributed by atoms with Crippen molar-refractivity contribution >= 4 is 21.6 Å². The van der Waals surface area contributed by atoms with Crippen LogP contribution < -0.4 is 5.32 Å². The van der Waals surface area contributed by atoms with Crippen molar-refractivity contribution in [3.05, 3.63) is 101 Å². The van der Waals surface area contributed by atoms with E-state index >= 15 is 0 Å². The first-order valence-corrected chi connectivity index (χ1v) is 16.9. The third kappa shape index (κ3) is 7.16. The SMILES string of the molecule is CC[C@H]1Cc2ccccc2S(=O)(=O)N(Cc2cc([C@H](OCc3cn(CC)nn3)C(C)(C)C(=O)Nc3cccnc3)ccc2C)C1. The van der Waals surface area contributed by atoms with Crippen molar-refractivity contribution in [2.45, 2.75) is 78.2 Å². The molecular weight excluding hydrogens is 588 g/mol. The molecule has 0 saturated heterocycles. The average molecular weight is 631 g/mol. The van der Waals surface area contributed by atoms with Gasteiger partial charge in [-0.05, 0) is 80.5 Å². The van der Waals surface area contributed by atoms with Gasteiger partial charge in [-0.1, -0.05) is 55.0 Å². The molecule has 1 aliphatic heterocycles. The van der Waals surface area contributed by atoms with Crippen molar-refractivity contribution in [3.63, 3.8) is 0 Å². The van der Waals surface area contributed by atoms with Crippen LogP contribution >= 0.6 is 0 Å². The number of ether oxygens (including phenoxy) is 1. The van der Waals surface area contributed by atoms with Gasteiger partial charge in [-0.25, -0.2) is 8.42 Å². The summed E-state index contributed by atoms with van der Waals surface area (Å²) in [6, 6.07) is 16.8. The zero-order valence-corrected chi connectivity index (χ0v) is 27.4. The van der Waals surface area contributed by atoms with Crippen LogP contribution in [0.3, 0.4) is 0 Å². The number of carbonyl (C=O) groups excluding carboxylic acids is 1. The summed E-state index contributed by atoms with van der Waals surface area (Å²) >= 11 is 0. The van der Waals surface area contributed by atoms with E-state index in [9.17, 15) is 13.2 Å². The normalized spacial score (nSPS) is 17.3. The second-order valence-corrected chi connectivity index (χ2v) is 14.2. The van der Waals surface area contributed by atoms with Gasteiger partial charge in [0.25, 0.3) is 0 Å². The summed E-state index contributed by atoms with van der Waals surface area (Å²) in [5, 5.41) is 11.3. The number of rotatable bonds is 11. The Balaban J connectivity index is 1.49.